The summed E-state index contributed by atoms with van der Waals surface area (Å²) in [5, 5.41) is 9.54. The first-order valence-electron chi connectivity index (χ1n) is 9.94. The molecule has 30 heavy (non-hydrogen) atoms. The molecule has 2 aromatic rings. The third kappa shape index (κ3) is 4.84. The van der Waals surface area contributed by atoms with E-state index in [0.29, 0.717) is 45.0 Å². The number of primary sulfonamides is 1. The van der Waals surface area contributed by atoms with Crippen molar-refractivity contribution >= 4 is 33.0 Å². The zero-order valence-electron chi connectivity index (χ0n) is 16.7. The van der Waals surface area contributed by atoms with Gasteiger partial charge in [0.1, 0.15) is 0 Å². The van der Waals surface area contributed by atoms with Crippen molar-refractivity contribution in [1.29, 1.82) is 0 Å². The number of amides is 1. The Hall–Kier alpha value is -1.98. The van der Waals surface area contributed by atoms with Crippen molar-refractivity contribution < 1.29 is 17.9 Å². The monoisotopic (exact) mass is 450 g/mol. The van der Waals surface area contributed by atoms with E-state index < -0.39 is 10.0 Å². The highest BCUT2D eigenvalue weighted by atomic mass is 32.2. The van der Waals surface area contributed by atoms with Gasteiger partial charge >= 0.3 is 0 Å². The number of hydrogen-bond acceptors (Lipinski definition) is 7. The smallest absolute Gasteiger partial charge is 0.256 e. The topological polar surface area (TPSA) is 96.2 Å². The van der Waals surface area contributed by atoms with Gasteiger partial charge in [0.05, 0.1) is 23.7 Å². The lowest BCUT2D eigenvalue weighted by molar-refractivity contribution is 0.0628. The summed E-state index contributed by atoms with van der Waals surface area (Å²) in [5.74, 6) is -0.155. The molecule has 1 aromatic carbocycles. The van der Waals surface area contributed by atoms with Crippen LogP contribution in [0.1, 0.15) is 15.9 Å². The highest BCUT2D eigenvalue weighted by Crippen LogP contribution is 2.27. The Kier molecular flexibility index (Phi) is 6.40. The van der Waals surface area contributed by atoms with Gasteiger partial charge in [-0.1, -0.05) is 0 Å². The summed E-state index contributed by atoms with van der Waals surface area (Å²) < 4.78 is 29.2. The van der Waals surface area contributed by atoms with Crippen LogP contribution in [0, 0.1) is 0 Å². The minimum Gasteiger partial charge on any atom is -0.378 e. The van der Waals surface area contributed by atoms with Gasteiger partial charge in [0.15, 0.2) is 0 Å². The number of sulfonamides is 1. The third-order valence-electron chi connectivity index (χ3n) is 5.52. The number of thiophene rings is 1. The van der Waals surface area contributed by atoms with Gasteiger partial charge in [-0.3, -0.25) is 9.69 Å². The van der Waals surface area contributed by atoms with E-state index in [9.17, 15) is 13.2 Å². The van der Waals surface area contributed by atoms with E-state index >= 15 is 0 Å². The third-order valence-corrected chi connectivity index (χ3v) is 7.17. The second-order valence-electron chi connectivity index (χ2n) is 7.52. The number of nitrogens with two attached hydrogens (primary N) is 1. The number of benzene rings is 1. The molecule has 2 aliphatic heterocycles. The van der Waals surface area contributed by atoms with Crippen LogP contribution in [0.5, 0.6) is 0 Å². The summed E-state index contributed by atoms with van der Waals surface area (Å²) in [6, 6.07) is 6.69. The Labute approximate surface area is 180 Å². The lowest BCUT2D eigenvalue weighted by Gasteiger charge is -2.36. The molecule has 0 atom stereocenters. The fourth-order valence-corrected chi connectivity index (χ4v) is 5.06. The van der Waals surface area contributed by atoms with Crippen LogP contribution < -0.4 is 10.0 Å². The van der Waals surface area contributed by atoms with Crippen LogP contribution in [-0.2, 0) is 21.3 Å². The molecule has 3 heterocycles. The molecule has 0 radical (unpaired) electrons. The van der Waals surface area contributed by atoms with Gasteiger partial charge in [-0.15, -0.1) is 0 Å². The van der Waals surface area contributed by atoms with E-state index in [0.717, 1.165) is 25.3 Å². The fourth-order valence-electron chi connectivity index (χ4n) is 3.86. The van der Waals surface area contributed by atoms with Crippen LogP contribution in [0.4, 0.5) is 5.69 Å². The second-order valence-corrected chi connectivity index (χ2v) is 9.86. The molecule has 2 saturated heterocycles. The molecular formula is C20H26N4O4S2. The number of ether oxygens (including phenoxy) is 1. The number of rotatable bonds is 5. The number of piperazine rings is 1. The minimum absolute atomic E-state index is 0.0426. The van der Waals surface area contributed by atoms with Gasteiger partial charge < -0.3 is 14.5 Å². The molecular weight excluding hydrogens is 424 g/mol. The number of carbonyl (C=O) groups is 1. The van der Waals surface area contributed by atoms with Gasteiger partial charge in [-0.2, -0.15) is 11.3 Å². The maximum absolute atomic E-state index is 13.4. The maximum Gasteiger partial charge on any atom is 0.256 e. The summed E-state index contributed by atoms with van der Waals surface area (Å²) in [5.41, 5.74) is 2.40. The van der Waals surface area contributed by atoms with Crippen LogP contribution in [0.15, 0.2) is 39.9 Å². The number of carbonyl (C=O) groups excluding carboxylic acids is 1. The molecule has 1 amide bonds. The molecule has 0 unspecified atom stereocenters. The summed E-state index contributed by atoms with van der Waals surface area (Å²) in [6.45, 7) is 6.11. The number of anilines is 1. The van der Waals surface area contributed by atoms with Crippen molar-refractivity contribution in [1.82, 2.24) is 9.80 Å². The lowest BCUT2D eigenvalue weighted by Crippen LogP contribution is -2.48. The summed E-state index contributed by atoms with van der Waals surface area (Å²) in [7, 11) is -3.90. The standard InChI is InChI=1S/C20H26N4O4S2/c21-30(26,27)17-1-2-19(23-8-10-28-11-9-23)18(13-17)20(25)24-6-4-22(5-7-24)14-16-3-12-29-15-16/h1-3,12-13,15H,4-11,14H2,(H2,21,26,27). The molecule has 2 aliphatic rings. The van der Waals surface area contributed by atoms with Crippen LogP contribution >= 0.6 is 11.3 Å². The minimum atomic E-state index is -3.90. The van der Waals surface area contributed by atoms with Crippen LogP contribution in [0.3, 0.4) is 0 Å². The van der Waals surface area contributed by atoms with E-state index in [1.807, 2.05) is 0 Å². The normalized spacial score (nSPS) is 18.6. The molecule has 0 bridgehead atoms. The molecule has 4 rings (SSSR count). The second kappa shape index (κ2) is 9.03. The highest BCUT2D eigenvalue weighted by molar-refractivity contribution is 7.89. The molecule has 162 valence electrons. The van der Waals surface area contributed by atoms with Gasteiger partial charge in [0.2, 0.25) is 10.0 Å². The van der Waals surface area contributed by atoms with E-state index in [2.05, 4.69) is 26.6 Å². The summed E-state index contributed by atoms with van der Waals surface area (Å²) >= 11 is 1.69. The van der Waals surface area contributed by atoms with E-state index in [1.54, 1.807) is 22.3 Å². The predicted octanol–water partition coefficient (Wildman–Crippen LogP) is 1.19. The highest BCUT2D eigenvalue weighted by Gasteiger charge is 2.27. The number of hydrogen-bond donors (Lipinski definition) is 1. The molecule has 2 N–H and O–H groups in total. The quantitative estimate of drug-likeness (QED) is 0.735. The van der Waals surface area contributed by atoms with Crippen LogP contribution in [0.2, 0.25) is 0 Å². The Balaban J connectivity index is 1.53. The SMILES string of the molecule is NS(=O)(=O)c1ccc(N2CCOCC2)c(C(=O)N2CCN(Cc3ccsc3)CC2)c1. The first kappa shape index (κ1) is 21.3. The Morgan fingerprint density at radius 1 is 1.07 bits per heavy atom. The van der Waals surface area contributed by atoms with Crippen molar-refractivity contribution in [2.45, 2.75) is 11.4 Å². The van der Waals surface area contributed by atoms with Gasteiger partial charge in [0.25, 0.3) is 5.91 Å². The van der Waals surface area contributed by atoms with Crippen molar-refractivity contribution in [3.8, 4) is 0 Å². The molecule has 8 nitrogen and oxygen atoms in total. The van der Waals surface area contributed by atoms with Crippen molar-refractivity contribution in [2.24, 2.45) is 5.14 Å². The van der Waals surface area contributed by atoms with Gasteiger partial charge in [-0.25, -0.2) is 13.6 Å². The Bertz CT molecular complexity index is 980. The molecule has 0 spiro atoms. The largest absolute Gasteiger partial charge is 0.378 e. The van der Waals surface area contributed by atoms with Crippen LogP contribution in [0.25, 0.3) is 0 Å². The Morgan fingerprint density at radius 2 is 1.80 bits per heavy atom. The first-order valence-corrected chi connectivity index (χ1v) is 12.4. The van der Waals surface area contributed by atoms with Crippen molar-refractivity contribution in [3.05, 3.63) is 46.2 Å². The van der Waals surface area contributed by atoms with Gasteiger partial charge in [0, 0.05) is 51.5 Å². The zero-order chi connectivity index (χ0) is 21.1. The number of morpholine rings is 1. The average Bonchev–Trinajstić information content (AvgIpc) is 3.26. The first-order chi connectivity index (χ1) is 14.4. The predicted molar refractivity (Wildman–Crippen MR) is 116 cm³/mol. The van der Waals surface area contributed by atoms with E-state index in [1.165, 1.54) is 17.7 Å². The molecule has 0 saturated carbocycles. The Morgan fingerprint density at radius 3 is 2.43 bits per heavy atom. The average molecular weight is 451 g/mol. The molecule has 2 fully saturated rings. The zero-order valence-corrected chi connectivity index (χ0v) is 18.3. The fraction of sp³-hybridized carbons (Fsp3) is 0.450. The van der Waals surface area contributed by atoms with Crippen LogP contribution in [-0.4, -0.2) is 76.6 Å². The van der Waals surface area contributed by atoms with Gasteiger partial charge in [-0.05, 0) is 40.6 Å². The van der Waals surface area contributed by atoms with Crippen molar-refractivity contribution in [2.75, 3.05) is 57.4 Å². The molecule has 1 aromatic heterocycles. The van der Waals surface area contributed by atoms with Crippen molar-refractivity contribution in [3.63, 3.8) is 0 Å². The summed E-state index contributed by atoms with van der Waals surface area (Å²) in [6.07, 6.45) is 0. The van der Waals surface area contributed by atoms with E-state index in [-0.39, 0.29) is 10.8 Å². The number of nitrogens with zero attached hydrogens (tertiary/aromatic N) is 3. The van der Waals surface area contributed by atoms with E-state index in [4.69, 9.17) is 9.88 Å². The molecule has 0 aliphatic carbocycles. The molecule has 10 heteroatoms. The maximum atomic E-state index is 13.4. The summed E-state index contributed by atoms with van der Waals surface area (Å²) in [4.78, 5) is 19.5. The lowest BCUT2D eigenvalue weighted by atomic mass is 10.1.